The van der Waals surface area contributed by atoms with E-state index in [4.69, 9.17) is 16.3 Å². The number of amides is 4. The molecule has 0 radical (unpaired) electrons. The Labute approximate surface area is 236 Å². The molecule has 196 valence electrons. The molecule has 4 aromatic rings. The first-order chi connectivity index (χ1) is 18.8. The number of halogens is 3. The fraction of sp³-hybridized carbons (Fsp3) is 0.0690. The van der Waals surface area contributed by atoms with Crippen molar-refractivity contribution in [2.45, 2.75) is 6.61 Å². The number of para-hydroxylation sites is 1. The minimum absolute atomic E-state index is 0.0360. The second-order valence-corrected chi connectivity index (χ2v) is 9.91. The lowest BCUT2D eigenvalue weighted by atomic mass is 10.1. The van der Waals surface area contributed by atoms with Crippen molar-refractivity contribution in [3.8, 4) is 5.75 Å². The van der Waals surface area contributed by atoms with Crippen LogP contribution >= 0.6 is 27.5 Å². The second-order valence-electron chi connectivity index (χ2n) is 8.65. The Balaban J connectivity index is 1.28. The summed E-state index contributed by atoms with van der Waals surface area (Å²) < 4.78 is 20.4. The van der Waals surface area contributed by atoms with Gasteiger partial charge in [0, 0.05) is 0 Å². The van der Waals surface area contributed by atoms with Crippen LogP contribution in [0.4, 0.5) is 14.9 Å². The van der Waals surface area contributed by atoms with Crippen LogP contribution in [0, 0.1) is 5.82 Å². The fourth-order valence-corrected chi connectivity index (χ4v) is 5.14. The monoisotopic (exact) mass is 607 g/mol. The summed E-state index contributed by atoms with van der Waals surface area (Å²) in [5.74, 6) is -1.62. The first-order valence-electron chi connectivity index (χ1n) is 11.8. The van der Waals surface area contributed by atoms with Crippen molar-refractivity contribution in [3.05, 3.63) is 111 Å². The molecule has 0 aromatic heterocycles. The molecule has 4 aromatic carbocycles. The van der Waals surface area contributed by atoms with E-state index >= 15 is 0 Å². The van der Waals surface area contributed by atoms with Crippen LogP contribution in [0.25, 0.3) is 16.8 Å². The average Bonchev–Trinajstić information content (AvgIpc) is 3.16. The van der Waals surface area contributed by atoms with Gasteiger partial charge in [0.1, 0.15) is 24.7 Å². The van der Waals surface area contributed by atoms with E-state index in [1.807, 2.05) is 42.5 Å². The van der Waals surface area contributed by atoms with Crippen LogP contribution in [0.3, 0.4) is 0 Å². The molecule has 1 fully saturated rings. The highest BCUT2D eigenvalue weighted by Crippen LogP contribution is 2.36. The van der Waals surface area contributed by atoms with E-state index < -0.39 is 30.2 Å². The van der Waals surface area contributed by atoms with E-state index in [0.29, 0.717) is 27.4 Å². The maximum Gasteiger partial charge on any atom is 0.329 e. The van der Waals surface area contributed by atoms with E-state index in [1.165, 1.54) is 24.3 Å². The van der Waals surface area contributed by atoms with E-state index in [2.05, 4.69) is 26.6 Å². The van der Waals surface area contributed by atoms with Crippen molar-refractivity contribution in [2.24, 2.45) is 0 Å². The first kappa shape index (κ1) is 26.4. The van der Waals surface area contributed by atoms with Gasteiger partial charge < -0.3 is 15.4 Å². The number of urea groups is 1. The van der Waals surface area contributed by atoms with Crippen LogP contribution in [-0.4, -0.2) is 29.3 Å². The minimum Gasteiger partial charge on any atom is -0.486 e. The van der Waals surface area contributed by atoms with Crippen LogP contribution in [0.5, 0.6) is 5.75 Å². The molecule has 1 aliphatic rings. The molecule has 1 heterocycles. The maximum absolute atomic E-state index is 13.8. The first-order valence-corrected chi connectivity index (χ1v) is 12.9. The van der Waals surface area contributed by atoms with Crippen molar-refractivity contribution < 1.29 is 23.5 Å². The van der Waals surface area contributed by atoms with E-state index in [-0.39, 0.29) is 11.4 Å². The van der Waals surface area contributed by atoms with Crippen LogP contribution in [-0.2, 0) is 16.2 Å². The molecule has 2 N–H and O–H groups in total. The number of ether oxygens (including phenoxy) is 1. The van der Waals surface area contributed by atoms with Crippen molar-refractivity contribution in [1.82, 2.24) is 10.2 Å². The Morgan fingerprint density at radius 3 is 2.59 bits per heavy atom. The normalized spacial score (nSPS) is 14.1. The molecular weight excluding hydrogens is 589 g/mol. The predicted octanol–water partition coefficient (Wildman–Crippen LogP) is 6.51. The third kappa shape index (κ3) is 5.79. The summed E-state index contributed by atoms with van der Waals surface area (Å²) in [4.78, 5) is 38.3. The summed E-state index contributed by atoms with van der Waals surface area (Å²) in [6, 6.07) is 22.1. The van der Waals surface area contributed by atoms with Crippen molar-refractivity contribution in [1.29, 1.82) is 0 Å². The van der Waals surface area contributed by atoms with Crippen LogP contribution in [0.1, 0.15) is 11.1 Å². The maximum atomic E-state index is 13.8. The number of rotatable bonds is 7. The van der Waals surface area contributed by atoms with Gasteiger partial charge in [-0.05, 0) is 68.2 Å². The standard InChI is InChI=1S/C29H20BrClFN3O4/c30-21-12-17(13-22(31)27(21)39-16-19-8-5-7-18-6-1-2-9-20(18)19)14-25-28(37)35(29(38)34-25)15-26(36)33-24-11-4-3-10-23(24)32/h1-14H,15-16H2,(H,33,36)(H,34,38)/b25-14+. The van der Waals surface area contributed by atoms with Gasteiger partial charge in [0.05, 0.1) is 15.2 Å². The average molecular weight is 609 g/mol. The van der Waals surface area contributed by atoms with Gasteiger partial charge in [-0.15, -0.1) is 0 Å². The highest BCUT2D eigenvalue weighted by molar-refractivity contribution is 9.10. The Bertz CT molecular complexity index is 1630. The Hall–Kier alpha value is -4.21. The van der Waals surface area contributed by atoms with Crippen LogP contribution in [0.2, 0.25) is 5.02 Å². The molecule has 0 saturated carbocycles. The van der Waals surface area contributed by atoms with Gasteiger partial charge in [0.2, 0.25) is 5.91 Å². The number of hydrogen-bond donors (Lipinski definition) is 2. The largest absolute Gasteiger partial charge is 0.486 e. The molecule has 1 saturated heterocycles. The number of fused-ring (bicyclic) bond motifs is 1. The summed E-state index contributed by atoms with van der Waals surface area (Å²) in [6.45, 7) is -0.291. The predicted molar refractivity (Wildman–Crippen MR) is 151 cm³/mol. The summed E-state index contributed by atoms with van der Waals surface area (Å²) in [5, 5.41) is 7.29. The van der Waals surface area contributed by atoms with Gasteiger partial charge in [-0.1, -0.05) is 66.2 Å². The van der Waals surface area contributed by atoms with E-state index in [1.54, 1.807) is 18.2 Å². The second kappa shape index (κ2) is 11.3. The lowest BCUT2D eigenvalue weighted by Gasteiger charge is -2.13. The van der Waals surface area contributed by atoms with Gasteiger partial charge in [0.15, 0.2) is 5.75 Å². The molecule has 1 aliphatic heterocycles. The summed E-state index contributed by atoms with van der Waals surface area (Å²) in [7, 11) is 0. The molecule has 0 aliphatic carbocycles. The topological polar surface area (TPSA) is 87.7 Å². The molecule has 4 amide bonds. The summed E-state index contributed by atoms with van der Waals surface area (Å²) in [6.07, 6.45) is 1.44. The Morgan fingerprint density at radius 2 is 1.79 bits per heavy atom. The number of imide groups is 1. The quantitative estimate of drug-likeness (QED) is 0.185. The Kier molecular flexibility index (Phi) is 7.63. The summed E-state index contributed by atoms with van der Waals surface area (Å²) >= 11 is 9.98. The molecule has 0 atom stereocenters. The number of anilines is 1. The molecule has 10 heteroatoms. The smallest absolute Gasteiger partial charge is 0.329 e. The number of carbonyl (C=O) groups excluding carboxylic acids is 3. The molecule has 7 nitrogen and oxygen atoms in total. The molecular formula is C29H20BrClFN3O4. The number of nitrogens with one attached hydrogen (secondary N) is 2. The molecule has 0 spiro atoms. The van der Waals surface area contributed by atoms with Crippen molar-refractivity contribution >= 4 is 67.9 Å². The number of nitrogens with zero attached hydrogens (tertiary/aromatic N) is 1. The lowest BCUT2D eigenvalue weighted by molar-refractivity contribution is -0.127. The van der Waals surface area contributed by atoms with Gasteiger partial charge in [0.25, 0.3) is 5.91 Å². The van der Waals surface area contributed by atoms with Gasteiger partial charge in [-0.2, -0.15) is 0 Å². The SMILES string of the molecule is O=C(CN1C(=O)N/C(=C/c2cc(Cl)c(OCc3cccc4ccccc34)c(Br)c2)C1=O)Nc1ccccc1F. The molecule has 0 bridgehead atoms. The van der Waals surface area contributed by atoms with E-state index in [0.717, 1.165) is 21.2 Å². The van der Waals surface area contributed by atoms with Crippen LogP contribution in [0.15, 0.2) is 89.0 Å². The third-order valence-corrected chi connectivity index (χ3v) is 6.87. The highest BCUT2D eigenvalue weighted by Gasteiger charge is 2.35. The molecule has 0 unspecified atom stereocenters. The minimum atomic E-state index is -0.768. The van der Waals surface area contributed by atoms with Gasteiger partial charge >= 0.3 is 6.03 Å². The summed E-state index contributed by atoms with van der Waals surface area (Å²) in [5.41, 5.74) is 1.44. The van der Waals surface area contributed by atoms with Gasteiger partial charge in [-0.25, -0.2) is 14.1 Å². The molecule has 39 heavy (non-hydrogen) atoms. The van der Waals surface area contributed by atoms with Crippen molar-refractivity contribution in [3.63, 3.8) is 0 Å². The zero-order chi connectivity index (χ0) is 27.5. The Morgan fingerprint density at radius 1 is 1.05 bits per heavy atom. The van der Waals surface area contributed by atoms with E-state index in [9.17, 15) is 18.8 Å². The van der Waals surface area contributed by atoms with Crippen LogP contribution < -0.4 is 15.4 Å². The molecule has 5 rings (SSSR count). The lowest BCUT2D eigenvalue weighted by Crippen LogP contribution is -2.38. The van der Waals surface area contributed by atoms with Crippen molar-refractivity contribution in [2.75, 3.05) is 11.9 Å². The zero-order valence-corrected chi connectivity index (χ0v) is 22.6. The number of hydrogen-bond acceptors (Lipinski definition) is 4. The fourth-order valence-electron chi connectivity index (χ4n) is 4.15. The zero-order valence-electron chi connectivity index (χ0n) is 20.2. The van der Waals surface area contributed by atoms with Gasteiger partial charge in [-0.3, -0.25) is 9.59 Å². The third-order valence-electron chi connectivity index (χ3n) is 6.00. The number of carbonyl (C=O) groups is 3. The highest BCUT2D eigenvalue weighted by atomic mass is 79.9. The number of benzene rings is 4.